The van der Waals surface area contributed by atoms with E-state index in [1.807, 2.05) is 12.1 Å². The van der Waals surface area contributed by atoms with Crippen LogP contribution in [0.2, 0.25) is 0 Å². The van der Waals surface area contributed by atoms with Crippen molar-refractivity contribution in [3.8, 4) is 5.75 Å². The molecule has 2 aliphatic heterocycles. The summed E-state index contributed by atoms with van der Waals surface area (Å²) >= 11 is 1.39. The number of aromatic nitrogens is 1. The molecule has 8 nitrogen and oxygen atoms in total. The predicted molar refractivity (Wildman–Crippen MR) is 108 cm³/mol. The minimum atomic E-state index is -0.714. The summed E-state index contributed by atoms with van der Waals surface area (Å²) in [6, 6.07) is 2.45. The molecule has 3 aliphatic rings. The lowest BCUT2D eigenvalue weighted by atomic mass is 10.1. The van der Waals surface area contributed by atoms with E-state index >= 15 is 0 Å². The lowest BCUT2D eigenvalue weighted by Gasteiger charge is -2.25. The number of rotatable bonds is 1. The maximum Gasteiger partial charge on any atom is 0.418 e. The van der Waals surface area contributed by atoms with Gasteiger partial charge in [-0.2, -0.15) is 0 Å². The van der Waals surface area contributed by atoms with Crippen LogP contribution in [0.3, 0.4) is 0 Å². The van der Waals surface area contributed by atoms with Gasteiger partial charge in [0.15, 0.2) is 5.13 Å². The zero-order valence-electron chi connectivity index (χ0n) is 16.5. The Morgan fingerprint density at radius 2 is 2.14 bits per heavy atom. The predicted octanol–water partition coefficient (Wildman–Crippen LogP) is 3.30. The van der Waals surface area contributed by atoms with Crippen LogP contribution in [-0.2, 0) is 11.2 Å². The maximum absolute atomic E-state index is 13.3. The molecule has 1 aliphatic carbocycles. The number of thiazole rings is 1. The zero-order valence-corrected chi connectivity index (χ0v) is 17.4. The summed E-state index contributed by atoms with van der Waals surface area (Å²) in [5, 5.41) is 11.1. The number of carbonyl (C=O) groups is 2. The van der Waals surface area contributed by atoms with E-state index in [9.17, 15) is 14.7 Å². The van der Waals surface area contributed by atoms with Crippen molar-refractivity contribution < 1.29 is 24.2 Å². The van der Waals surface area contributed by atoms with Crippen molar-refractivity contribution in [3.05, 3.63) is 17.7 Å². The molecule has 29 heavy (non-hydrogen) atoms. The van der Waals surface area contributed by atoms with E-state index in [1.54, 1.807) is 20.8 Å². The van der Waals surface area contributed by atoms with Gasteiger partial charge in [-0.25, -0.2) is 19.5 Å². The fourth-order valence-electron chi connectivity index (χ4n) is 4.45. The number of urea groups is 1. The van der Waals surface area contributed by atoms with Crippen LogP contribution in [0.4, 0.5) is 14.7 Å². The quantitative estimate of drug-likeness (QED) is 0.765. The minimum absolute atomic E-state index is 0.423. The molecule has 1 N–H and O–H groups in total. The second-order valence-corrected chi connectivity index (χ2v) is 9.70. The van der Waals surface area contributed by atoms with Gasteiger partial charge in [-0.05, 0) is 45.7 Å². The Kier molecular flexibility index (Phi) is 4.05. The van der Waals surface area contributed by atoms with E-state index in [4.69, 9.17) is 14.5 Å². The Morgan fingerprint density at radius 1 is 1.34 bits per heavy atom. The summed E-state index contributed by atoms with van der Waals surface area (Å²) in [5.41, 5.74) is 1.16. The summed E-state index contributed by atoms with van der Waals surface area (Å²) < 4.78 is 12.0. The van der Waals surface area contributed by atoms with Crippen LogP contribution in [0.1, 0.15) is 39.2 Å². The fourth-order valence-corrected chi connectivity index (χ4v) is 5.48. The number of anilines is 1. The van der Waals surface area contributed by atoms with Gasteiger partial charge in [0, 0.05) is 12.0 Å². The number of aliphatic hydroxyl groups is 1. The van der Waals surface area contributed by atoms with Crippen LogP contribution in [0, 0.1) is 0 Å². The van der Waals surface area contributed by atoms with Gasteiger partial charge in [0.25, 0.3) is 0 Å². The summed E-state index contributed by atoms with van der Waals surface area (Å²) in [6.07, 6.45) is 0.457. The molecule has 154 valence electrons. The van der Waals surface area contributed by atoms with E-state index in [0.29, 0.717) is 24.6 Å². The van der Waals surface area contributed by atoms with Gasteiger partial charge in [-0.15, -0.1) is 0 Å². The first kappa shape index (κ1) is 18.6. The minimum Gasteiger partial charge on any atom is -0.493 e. The molecule has 3 unspecified atom stereocenters. The first-order valence-corrected chi connectivity index (χ1v) is 10.6. The lowest BCUT2D eigenvalue weighted by molar-refractivity contribution is 0.0291. The van der Waals surface area contributed by atoms with Crippen LogP contribution in [0.25, 0.3) is 10.2 Å². The molecule has 0 spiro atoms. The number of carbonyl (C=O) groups excluding carboxylic acids is 2. The van der Waals surface area contributed by atoms with Gasteiger partial charge in [0.1, 0.15) is 11.4 Å². The van der Waals surface area contributed by atoms with E-state index in [1.165, 1.54) is 16.2 Å². The summed E-state index contributed by atoms with van der Waals surface area (Å²) in [5.74, 6) is 0.830. The largest absolute Gasteiger partial charge is 0.493 e. The second kappa shape index (κ2) is 6.30. The SMILES string of the molecule is CC(C)(C)OC(=O)N1C(=O)N(c2nc3c4c(ccc3s2)OCC4)C2C(O)CCC21. The third kappa shape index (κ3) is 2.86. The molecule has 3 heterocycles. The number of aliphatic hydroxyl groups excluding tert-OH is 1. The average molecular weight is 417 g/mol. The monoisotopic (exact) mass is 417 g/mol. The smallest absolute Gasteiger partial charge is 0.418 e. The Balaban J connectivity index is 1.55. The molecular weight excluding hydrogens is 394 g/mol. The Hall–Kier alpha value is -2.39. The molecule has 1 aromatic heterocycles. The third-order valence-electron chi connectivity index (χ3n) is 5.61. The highest BCUT2D eigenvalue weighted by molar-refractivity contribution is 7.22. The van der Waals surface area contributed by atoms with Crippen LogP contribution in [0.5, 0.6) is 5.75 Å². The van der Waals surface area contributed by atoms with Crippen molar-refractivity contribution in [2.24, 2.45) is 0 Å². The second-order valence-electron chi connectivity index (χ2n) is 8.69. The van der Waals surface area contributed by atoms with Gasteiger partial charge < -0.3 is 14.6 Å². The first-order valence-electron chi connectivity index (χ1n) is 9.83. The van der Waals surface area contributed by atoms with Gasteiger partial charge in [0.2, 0.25) is 0 Å². The number of benzene rings is 1. The van der Waals surface area contributed by atoms with Crippen LogP contribution in [-0.4, -0.2) is 57.5 Å². The molecule has 0 radical (unpaired) electrons. The number of amides is 3. The van der Waals surface area contributed by atoms with Crippen molar-refractivity contribution in [1.29, 1.82) is 0 Å². The number of hydrogen-bond donors (Lipinski definition) is 1. The van der Waals surface area contributed by atoms with E-state index < -0.39 is 35.9 Å². The number of ether oxygens (including phenoxy) is 2. The Morgan fingerprint density at radius 3 is 2.90 bits per heavy atom. The summed E-state index contributed by atoms with van der Waals surface area (Å²) in [7, 11) is 0. The van der Waals surface area contributed by atoms with Gasteiger partial charge in [0.05, 0.1) is 35.0 Å². The Labute approximate surface area is 172 Å². The number of fused-ring (bicyclic) bond motifs is 4. The van der Waals surface area contributed by atoms with Crippen molar-refractivity contribution in [3.63, 3.8) is 0 Å². The van der Waals surface area contributed by atoms with Gasteiger partial charge >= 0.3 is 12.1 Å². The van der Waals surface area contributed by atoms with Crippen molar-refractivity contribution >= 4 is 38.8 Å². The average Bonchev–Trinajstić information content (AvgIpc) is 3.36. The molecule has 9 heteroatoms. The molecule has 3 amide bonds. The molecule has 2 aromatic rings. The standard InChI is InChI=1S/C20H23N3O5S/c1-20(2,3)28-19(26)22-11-4-5-12(24)16(11)23(18(22)25)17-21-15-10-8-9-27-13(10)6-7-14(15)29-17/h6-7,11-12,16,24H,4-5,8-9H2,1-3H3. The highest BCUT2D eigenvalue weighted by Gasteiger charge is 2.57. The van der Waals surface area contributed by atoms with Crippen molar-refractivity contribution in [2.75, 3.05) is 11.5 Å². The normalized spacial score (nSPS) is 26.1. The molecule has 0 bridgehead atoms. The van der Waals surface area contributed by atoms with E-state index in [2.05, 4.69) is 0 Å². The van der Waals surface area contributed by atoms with Crippen LogP contribution in [0.15, 0.2) is 12.1 Å². The van der Waals surface area contributed by atoms with Gasteiger partial charge in [-0.3, -0.25) is 4.90 Å². The van der Waals surface area contributed by atoms with E-state index in [-0.39, 0.29) is 0 Å². The number of imide groups is 1. The molecule has 1 aromatic carbocycles. The van der Waals surface area contributed by atoms with Crippen LogP contribution >= 0.6 is 11.3 Å². The number of nitrogens with zero attached hydrogens (tertiary/aromatic N) is 3. The van der Waals surface area contributed by atoms with Crippen molar-refractivity contribution in [1.82, 2.24) is 9.88 Å². The molecular formula is C20H23N3O5S. The molecule has 5 rings (SSSR count). The molecule has 3 atom stereocenters. The molecule has 2 fully saturated rings. The number of hydrogen-bond acceptors (Lipinski definition) is 7. The third-order valence-corrected chi connectivity index (χ3v) is 6.63. The first-order chi connectivity index (χ1) is 13.7. The summed E-state index contributed by atoms with van der Waals surface area (Å²) in [4.78, 5) is 33.4. The van der Waals surface area contributed by atoms with E-state index in [0.717, 1.165) is 32.9 Å². The maximum atomic E-state index is 13.3. The van der Waals surface area contributed by atoms with Crippen molar-refractivity contribution in [2.45, 2.75) is 63.8 Å². The molecule has 1 saturated heterocycles. The lowest BCUT2D eigenvalue weighted by Crippen LogP contribution is -2.43. The Bertz CT molecular complexity index is 1010. The van der Waals surface area contributed by atoms with Crippen LogP contribution < -0.4 is 9.64 Å². The summed E-state index contributed by atoms with van der Waals surface area (Å²) in [6.45, 7) is 5.92. The van der Waals surface area contributed by atoms with Gasteiger partial charge in [-0.1, -0.05) is 11.3 Å². The fraction of sp³-hybridized carbons (Fsp3) is 0.550. The highest BCUT2D eigenvalue weighted by atomic mass is 32.1. The zero-order chi connectivity index (χ0) is 20.5. The highest BCUT2D eigenvalue weighted by Crippen LogP contribution is 2.43. The molecule has 1 saturated carbocycles. The topological polar surface area (TPSA) is 92.2 Å².